The Bertz CT molecular complexity index is 3730. The summed E-state index contributed by atoms with van der Waals surface area (Å²) in [5, 5.41) is 0. The van der Waals surface area contributed by atoms with Gasteiger partial charge in [0.25, 0.3) is 0 Å². The number of nitrogens with zero attached hydrogens (tertiary/aromatic N) is 1. The van der Waals surface area contributed by atoms with Gasteiger partial charge in [-0.1, -0.05) is 231 Å². The molecule has 14 rings (SSSR count). The monoisotopic (exact) mass is 891 g/mol. The van der Waals surface area contributed by atoms with Crippen LogP contribution in [-0.2, 0) is 10.8 Å². The minimum Gasteiger partial charge on any atom is -0.457 e. The third kappa shape index (κ3) is 5.68. The normalized spacial score (nSPS) is 13.8. The van der Waals surface area contributed by atoms with Crippen molar-refractivity contribution < 1.29 is 4.74 Å². The first-order chi connectivity index (χ1) is 34.7. The Labute approximate surface area is 409 Å². The van der Waals surface area contributed by atoms with Crippen LogP contribution in [0.4, 0.5) is 17.1 Å². The van der Waals surface area contributed by atoms with Gasteiger partial charge in [0.1, 0.15) is 11.5 Å². The van der Waals surface area contributed by atoms with E-state index >= 15 is 0 Å². The van der Waals surface area contributed by atoms with Crippen molar-refractivity contribution in [2.75, 3.05) is 4.90 Å². The van der Waals surface area contributed by atoms with E-state index in [2.05, 4.69) is 278 Å². The molecule has 3 aliphatic rings. The Hall–Kier alpha value is -8.98. The molecule has 1 spiro atoms. The molecule has 70 heavy (non-hydrogen) atoms. The predicted molar refractivity (Wildman–Crippen MR) is 287 cm³/mol. The number of fused-ring (bicyclic) bond motifs is 12. The number of anilines is 3. The number of ether oxygens (including phenoxy) is 1. The summed E-state index contributed by atoms with van der Waals surface area (Å²) >= 11 is 0. The van der Waals surface area contributed by atoms with Gasteiger partial charge in [-0.05, 0) is 109 Å². The summed E-state index contributed by atoms with van der Waals surface area (Å²) in [7, 11) is 0. The van der Waals surface area contributed by atoms with E-state index in [0.29, 0.717) is 0 Å². The molecule has 2 heteroatoms. The van der Waals surface area contributed by atoms with Gasteiger partial charge >= 0.3 is 0 Å². The van der Waals surface area contributed by atoms with Crippen LogP contribution < -0.4 is 9.64 Å². The molecule has 1 aliphatic heterocycles. The average Bonchev–Trinajstić information content (AvgIpc) is 3.90. The third-order valence-electron chi connectivity index (χ3n) is 15.2. The summed E-state index contributed by atoms with van der Waals surface area (Å²) in [5.41, 5.74) is 21.5. The molecular weight excluding hydrogens is 847 g/mol. The molecule has 0 saturated carbocycles. The first-order valence-corrected chi connectivity index (χ1v) is 24.3. The van der Waals surface area contributed by atoms with Gasteiger partial charge in [-0.25, -0.2) is 0 Å². The van der Waals surface area contributed by atoms with Crippen molar-refractivity contribution in [2.24, 2.45) is 0 Å². The molecular formula is C68H45NO. The fourth-order valence-electron chi connectivity index (χ4n) is 12.4. The first-order valence-electron chi connectivity index (χ1n) is 24.3. The molecule has 0 atom stereocenters. The van der Waals surface area contributed by atoms with Crippen molar-refractivity contribution >= 4 is 17.1 Å². The number of hydrogen-bond donors (Lipinski definition) is 0. The molecule has 0 saturated heterocycles. The highest BCUT2D eigenvalue weighted by Gasteiger charge is 2.51. The van der Waals surface area contributed by atoms with E-state index in [0.717, 1.165) is 61.9 Å². The van der Waals surface area contributed by atoms with Crippen molar-refractivity contribution in [1.29, 1.82) is 0 Å². The molecule has 2 nitrogen and oxygen atoms in total. The zero-order chi connectivity index (χ0) is 46.2. The van der Waals surface area contributed by atoms with E-state index in [1.54, 1.807) is 0 Å². The Kier molecular flexibility index (Phi) is 9.06. The quantitative estimate of drug-likeness (QED) is 0.158. The molecule has 0 aromatic heterocycles. The summed E-state index contributed by atoms with van der Waals surface area (Å²) in [5.74, 6) is 1.76. The van der Waals surface area contributed by atoms with Crippen LogP contribution in [0, 0.1) is 0 Å². The summed E-state index contributed by atoms with van der Waals surface area (Å²) in [6.07, 6.45) is 0. The van der Waals surface area contributed by atoms with E-state index in [1.165, 1.54) is 55.6 Å². The number of hydrogen-bond acceptors (Lipinski definition) is 2. The standard InChI is InChI=1S/C68H45NO/c1-4-22-46(23-5-1)51-28-13-19-37-63(51)69(50-41-42-56-55-32-10-15-33-57(55)67(61(56)45-50,48-24-6-2-7-25-48)49-26-8-3-9-27-49)64-38-20-14-29-52(64)47-40-43-66-62(44-47)68(60-36-18-21-39-65(60)70-66)58-34-16-11-30-53(58)54-31-12-17-35-59(54)68/h1-45H. The molecule has 11 aromatic carbocycles. The van der Waals surface area contributed by atoms with E-state index in [1.807, 2.05) is 0 Å². The first kappa shape index (κ1) is 40.1. The zero-order valence-corrected chi connectivity index (χ0v) is 38.3. The van der Waals surface area contributed by atoms with E-state index < -0.39 is 10.8 Å². The molecule has 0 radical (unpaired) electrons. The number of rotatable bonds is 7. The Morgan fingerprint density at radius 2 is 0.686 bits per heavy atom. The topological polar surface area (TPSA) is 12.5 Å². The maximum atomic E-state index is 6.92. The summed E-state index contributed by atoms with van der Waals surface area (Å²) in [6, 6.07) is 100. The molecule has 0 fully saturated rings. The van der Waals surface area contributed by atoms with Crippen LogP contribution in [-0.4, -0.2) is 0 Å². The number of para-hydroxylation sites is 3. The van der Waals surface area contributed by atoms with Crippen molar-refractivity contribution in [3.05, 3.63) is 317 Å². The lowest BCUT2D eigenvalue weighted by atomic mass is 9.65. The van der Waals surface area contributed by atoms with Gasteiger partial charge < -0.3 is 9.64 Å². The van der Waals surface area contributed by atoms with Crippen LogP contribution >= 0.6 is 0 Å². The molecule has 2 aliphatic carbocycles. The van der Waals surface area contributed by atoms with Crippen LogP contribution in [0.25, 0.3) is 44.5 Å². The zero-order valence-electron chi connectivity index (χ0n) is 38.3. The van der Waals surface area contributed by atoms with Crippen LogP contribution in [0.2, 0.25) is 0 Å². The number of benzene rings is 11. The molecule has 0 bridgehead atoms. The fourth-order valence-corrected chi connectivity index (χ4v) is 12.4. The Morgan fingerprint density at radius 1 is 0.257 bits per heavy atom. The van der Waals surface area contributed by atoms with Crippen LogP contribution in [0.3, 0.4) is 0 Å². The van der Waals surface area contributed by atoms with E-state index in [-0.39, 0.29) is 0 Å². The Morgan fingerprint density at radius 3 is 1.27 bits per heavy atom. The van der Waals surface area contributed by atoms with Crippen molar-refractivity contribution in [3.8, 4) is 56.0 Å². The van der Waals surface area contributed by atoms with Gasteiger partial charge in [0.2, 0.25) is 0 Å². The minimum absolute atomic E-state index is 0.564. The average molecular weight is 892 g/mol. The van der Waals surface area contributed by atoms with Gasteiger partial charge in [-0.3, -0.25) is 0 Å². The van der Waals surface area contributed by atoms with Crippen LogP contribution in [0.5, 0.6) is 11.5 Å². The second-order valence-corrected chi connectivity index (χ2v) is 18.6. The Balaban J connectivity index is 1.03. The predicted octanol–water partition coefficient (Wildman–Crippen LogP) is 17.3. The summed E-state index contributed by atoms with van der Waals surface area (Å²) in [4.78, 5) is 2.50. The second-order valence-electron chi connectivity index (χ2n) is 18.6. The maximum Gasteiger partial charge on any atom is 0.132 e. The largest absolute Gasteiger partial charge is 0.457 e. The molecule has 0 N–H and O–H groups in total. The molecule has 0 amide bonds. The van der Waals surface area contributed by atoms with Crippen LogP contribution in [0.15, 0.2) is 273 Å². The summed E-state index contributed by atoms with van der Waals surface area (Å²) in [6.45, 7) is 0. The lowest BCUT2D eigenvalue weighted by Crippen LogP contribution is -2.32. The highest BCUT2D eigenvalue weighted by Crippen LogP contribution is 2.63. The van der Waals surface area contributed by atoms with Crippen molar-refractivity contribution in [1.82, 2.24) is 0 Å². The van der Waals surface area contributed by atoms with Gasteiger partial charge in [0.15, 0.2) is 0 Å². The minimum atomic E-state index is -0.588. The molecule has 328 valence electrons. The SMILES string of the molecule is c1ccc(-c2ccccc2N(c2ccc3c(c2)C(c2ccccc2)(c2ccccc2)c2ccccc2-3)c2ccccc2-c2ccc3c(c2)C2(c4ccccc4O3)c3ccccc3-c3ccccc32)cc1. The molecule has 11 aromatic rings. The lowest BCUT2D eigenvalue weighted by molar-refractivity contribution is 0.436. The molecule has 0 unspecified atom stereocenters. The second kappa shape index (κ2) is 15.8. The van der Waals surface area contributed by atoms with Gasteiger partial charge in [0.05, 0.1) is 22.2 Å². The van der Waals surface area contributed by atoms with Crippen LogP contribution in [0.1, 0.15) is 44.5 Å². The highest BCUT2D eigenvalue weighted by atomic mass is 16.5. The lowest BCUT2D eigenvalue weighted by Gasteiger charge is -2.39. The molecule has 1 heterocycles. The smallest absolute Gasteiger partial charge is 0.132 e. The highest BCUT2D eigenvalue weighted by molar-refractivity contribution is 5.97. The van der Waals surface area contributed by atoms with Crippen molar-refractivity contribution in [3.63, 3.8) is 0 Å². The van der Waals surface area contributed by atoms with E-state index in [4.69, 9.17) is 4.74 Å². The maximum absolute atomic E-state index is 6.92. The fraction of sp³-hybridized carbons (Fsp3) is 0.0294. The summed E-state index contributed by atoms with van der Waals surface area (Å²) < 4.78 is 6.92. The van der Waals surface area contributed by atoms with Gasteiger partial charge in [-0.2, -0.15) is 0 Å². The van der Waals surface area contributed by atoms with Gasteiger partial charge in [-0.15, -0.1) is 0 Å². The van der Waals surface area contributed by atoms with Gasteiger partial charge in [0, 0.05) is 27.9 Å². The third-order valence-corrected chi connectivity index (χ3v) is 15.2. The van der Waals surface area contributed by atoms with E-state index in [9.17, 15) is 0 Å². The van der Waals surface area contributed by atoms with Crippen molar-refractivity contribution in [2.45, 2.75) is 10.8 Å².